The predicted molar refractivity (Wildman–Crippen MR) is 105 cm³/mol. The molecule has 2 heterocycles. The van der Waals surface area contributed by atoms with E-state index < -0.39 is 0 Å². The van der Waals surface area contributed by atoms with Gasteiger partial charge in [0.2, 0.25) is 0 Å². The highest BCUT2D eigenvalue weighted by Crippen LogP contribution is 2.19. The van der Waals surface area contributed by atoms with E-state index >= 15 is 0 Å². The Morgan fingerprint density at radius 2 is 1.77 bits per heavy atom. The summed E-state index contributed by atoms with van der Waals surface area (Å²) in [5, 5.41) is 2.93. The van der Waals surface area contributed by atoms with Gasteiger partial charge in [0.05, 0.1) is 0 Å². The minimum Gasteiger partial charge on any atom is -0.368 e. The molecule has 0 aliphatic carbocycles. The highest BCUT2D eigenvalue weighted by atomic mass is 16.1. The quantitative estimate of drug-likeness (QED) is 0.809. The molecule has 1 aliphatic rings. The number of carbonyl (C=O) groups is 1. The van der Waals surface area contributed by atoms with E-state index in [4.69, 9.17) is 0 Å². The Bertz CT molecular complexity index is 726. The molecule has 0 radical (unpaired) electrons. The molecule has 0 saturated carbocycles. The van der Waals surface area contributed by atoms with E-state index in [1.807, 2.05) is 19.1 Å². The lowest BCUT2D eigenvalue weighted by Gasteiger charge is -2.36. The van der Waals surface area contributed by atoms with E-state index in [-0.39, 0.29) is 5.91 Å². The van der Waals surface area contributed by atoms with Crippen LogP contribution in [0.4, 0.5) is 11.5 Å². The number of nitrogens with zero attached hydrogens (tertiary/aromatic N) is 4. The number of aromatic nitrogens is 2. The van der Waals surface area contributed by atoms with Crippen molar-refractivity contribution in [1.82, 2.24) is 15.3 Å². The second-order valence-electron chi connectivity index (χ2n) is 6.58. The summed E-state index contributed by atoms with van der Waals surface area (Å²) in [6.45, 7) is 8.25. The fraction of sp³-hybridized carbons (Fsp3) is 0.450. The second kappa shape index (κ2) is 8.65. The Morgan fingerprint density at radius 1 is 1.08 bits per heavy atom. The van der Waals surface area contributed by atoms with Crippen LogP contribution >= 0.6 is 0 Å². The molecule has 1 amide bonds. The third kappa shape index (κ3) is 4.50. The average molecular weight is 353 g/mol. The first kappa shape index (κ1) is 18.2. The third-order valence-corrected chi connectivity index (χ3v) is 4.60. The van der Waals surface area contributed by atoms with Crippen LogP contribution in [0.3, 0.4) is 0 Å². The molecular weight excluding hydrogens is 326 g/mol. The van der Waals surface area contributed by atoms with Crippen molar-refractivity contribution in [3.8, 4) is 0 Å². The first-order valence-corrected chi connectivity index (χ1v) is 9.36. The molecule has 0 bridgehead atoms. The van der Waals surface area contributed by atoms with Crippen LogP contribution in [0.1, 0.15) is 36.1 Å². The van der Waals surface area contributed by atoms with Crippen molar-refractivity contribution in [2.75, 3.05) is 42.5 Å². The number of hydrogen-bond acceptors (Lipinski definition) is 5. The van der Waals surface area contributed by atoms with Crippen molar-refractivity contribution in [3.05, 3.63) is 47.9 Å². The van der Waals surface area contributed by atoms with Crippen molar-refractivity contribution >= 4 is 17.4 Å². The van der Waals surface area contributed by atoms with E-state index in [9.17, 15) is 4.79 Å². The van der Waals surface area contributed by atoms with Crippen LogP contribution in [0.15, 0.2) is 36.4 Å². The van der Waals surface area contributed by atoms with E-state index in [0.717, 1.165) is 44.8 Å². The Balaban J connectivity index is 1.65. The number of rotatable bonds is 6. The number of amides is 1. The van der Waals surface area contributed by atoms with Crippen LogP contribution in [0, 0.1) is 6.92 Å². The van der Waals surface area contributed by atoms with E-state index in [1.54, 1.807) is 0 Å². The van der Waals surface area contributed by atoms with Crippen LogP contribution in [-0.2, 0) is 0 Å². The molecule has 1 N–H and O–H groups in total. The lowest BCUT2D eigenvalue weighted by Crippen LogP contribution is -2.47. The Morgan fingerprint density at radius 3 is 2.46 bits per heavy atom. The molecule has 26 heavy (non-hydrogen) atoms. The summed E-state index contributed by atoms with van der Waals surface area (Å²) >= 11 is 0. The Labute approximate surface area is 155 Å². The molecule has 6 nitrogen and oxygen atoms in total. The maximum absolute atomic E-state index is 12.3. The number of aryl methyl sites for hydroxylation is 1. The normalized spacial score (nSPS) is 14.4. The zero-order chi connectivity index (χ0) is 18.4. The smallest absolute Gasteiger partial charge is 0.270 e. The van der Waals surface area contributed by atoms with Gasteiger partial charge in [0, 0.05) is 44.5 Å². The van der Waals surface area contributed by atoms with Crippen LogP contribution in [-0.4, -0.2) is 48.6 Å². The van der Waals surface area contributed by atoms with Gasteiger partial charge in [-0.05, 0) is 25.5 Å². The molecule has 1 aromatic carbocycles. The molecule has 138 valence electrons. The highest BCUT2D eigenvalue weighted by molar-refractivity contribution is 5.92. The number of hydrogen-bond donors (Lipinski definition) is 1. The van der Waals surface area contributed by atoms with E-state index in [2.05, 4.69) is 56.3 Å². The monoisotopic (exact) mass is 353 g/mol. The predicted octanol–water partition coefficient (Wildman–Crippen LogP) is 2.64. The minimum absolute atomic E-state index is 0.117. The Hall–Kier alpha value is -2.63. The molecule has 2 aromatic rings. The van der Waals surface area contributed by atoms with Gasteiger partial charge in [-0.1, -0.05) is 31.5 Å². The number of piperazine rings is 1. The summed E-state index contributed by atoms with van der Waals surface area (Å²) in [5.41, 5.74) is 1.70. The second-order valence-corrected chi connectivity index (χ2v) is 6.58. The molecule has 0 unspecified atom stereocenters. The zero-order valence-electron chi connectivity index (χ0n) is 15.6. The number of unbranched alkanes of at least 4 members (excludes halogenated alkanes) is 1. The summed E-state index contributed by atoms with van der Waals surface area (Å²) in [7, 11) is 0. The number of anilines is 2. The summed E-state index contributed by atoms with van der Waals surface area (Å²) in [5.74, 6) is 1.35. The van der Waals surface area contributed by atoms with Gasteiger partial charge >= 0.3 is 0 Å². The molecule has 1 aromatic heterocycles. The van der Waals surface area contributed by atoms with Gasteiger partial charge in [-0.15, -0.1) is 0 Å². The Kier molecular flexibility index (Phi) is 6.04. The SMILES string of the molecule is CCCCNC(=O)c1cc(N2CCN(c3ccccc3)CC2)nc(C)n1. The molecule has 1 fully saturated rings. The van der Waals surface area contributed by atoms with Crippen molar-refractivity contribution in [2.45, 2.75) is 26.7 Å². The minimum atomic E-state index is -0.117. The number of para-hydroxylation sites is 1. The van der Waals surface area contributed by atoms with Crippen molar-refractivity contribution in [1.29, 1.82) is 0 Å². The molecule has 1 saturated heterocycles. The molecule has 0 atom stereocenters. The molecular formula is C20H27N5O. The summed E-state index contributed by atoms with van der Waals surface area (Å²) in [6, 6.07) is 12.3. The van der Waals surface area contributed by atoms with Gasteiger partial charge in [0.1, 0.15) is 17.3 Å². The molecule has 3 rings (SSSR count). The average Bonchev–Trinajstić information content (AvgIpc) is 2.68. The highest BCUT2D eigenvalue weighted by Gasteiger charge is 2.20. The van der Waals surface area contributed by atoms with Gasteiger partial charge in [0.15, 0.2) is 0 Å². The molecule has 1 aliphatic heterocycles. The first-order chi connectivity index (χ1) is 12.7. The fourth-order valence-corrected chi connectivity index (χ4v) is 3.13. The van der Waals surface area contributed by atoms with Crippen molar-refractivity contribution in [2.24, 2.45) is 0 Å². The molecule has 6 heteroatoms. The largest absolute Gasteiger partial charge is 0.368 e. The maximum atomic E-state index is 12.3. The lowest BCUT2D eigenvalue weighted by atomic mass is 10.2. The number of benzene rings is 1. The number of carbonyl (C=O) groups excluding carboxylic acids is 1. The standard InChI is InChI=1S/C20H27N5O/c1-3-4-10-21-20(26)18-15-19(23-16(2)22-18)25-13-11-24(12-14-25)17-8-6-5-7-9-17/h5-9,15H,3-4,10-14H2,1-2H3,(H,21,26). The van der Waals surface area contributed by atoms with E-state index in [0.29, 0.717) is 18.1 Å². The van der Waals surface area contributed by atoms with Gasteiger partial charge < -0.3 is 15.1 Å². The third-order valence-electron chi connectivity index (χ3n) is 4.60. The zero-order valence-corrected chi connectivity index (χ0v) is 15.6. The maximum Gasteiger partial charge on any atom is 0.270 e. The summed E-state index contributed by atoms with van der Waals surface area (Å²) < 4.78 is 0. The fourth-order valence-electron chi connectivity index (χ4n) is 3.13. The first-order valence-electron chi connectivity index (χ1n) is 9.36. The topological polar surface area (TPSA) is 61.4 Å². The lowest BCUT2D eigenvalue weighted by molar-refractivity contribution is 0.0948. The number of nitrogens with one attached hydrogen (secondary N) is 1. The van der Waals surface area contributed by atoms with Gasteiger partial charge in [0.25, 0.3) is 5.91 Å². The van der Waals surface area contributed by atoms with Crippen LogP contribution < -0.4 is 15.1 Å². The molecule has 0 spiro atoms. The summed E-state index contributed by atoms with van der Waals surface area (Å²) in [4.78, 5) is 25.8. The van der Waals surface area contributed by atoms with Crippen LogP contribution in [0.2, 0.25) is 0 Å². The van der Waals surface area contributed by atoms with Crippen molar-refractivity contribution in [3.63, 3.8) is 0 Å². The van der Waals surface area contributed by atoms with Crippen LogP contribution in [0.5, 0.6) is 0 Å². The van der Waals surface area contributed by atoms with Gasteiger partial charge in [-0.2, -0.15) is 0 Å². The van der Waals surface area contributed by atoms with Gasteiger partial charge in [-0.3, -0.25) is 4.79 Å². The summed E-state index contributed by atoms with van der Waals surface area (Å²) in [6.07, 6.45) is 2.03. The van der Waals surface area contributed by atoms with Gasteiger partial charge in [-0.25, -0.2) is 9.97 Å². The van der Waals surface area contributed by atoms with E-state index in [1.165, 1.54) is 5.69 Å². The van der Waals surface area contributed by atoms with Crippen molar-refractivity contribution < 1.29 is 4.79 Å². The van der Waals surface area contributed by atoms with Crippen LogP contribution in [0.25, 0.3) is 0 Å².